The van der Waals surface area contributed by atoms with Crippen LogP contribution in [0.2, 0.25) is 0 Å². The second kappa shape index (κ2) is 11.8. The minimum absolute atomic E-state index is 0.194. The number of aromatic hydroxyl groups is 4. The number of rotatable bonds is 4. The van der Waals surface area contributed by atoms with Gasteiger partial charge < -0.3 is 39.4 Å². The molecule has 0 aliphatic carbocycles. The van der Waals surface area contributed by atoms with Gasteiger partial charge in [-0.2, -0.15) is 0 Å². The lowest BCUT2D eigenvalue weighted by Crippen LogP contribution is -1.94. The lowest BCUT2D eigenvalue weighted by atomic mass is 9.93. The SMILES string of the molecule is COc1cc2c3ccccc3c3cc(OC)c(OC)cc3c2cc1OC.Oc1cc2c3ccccc3c3cc(O)c(O)cc3c2cc1O. The Morgan fingerprint density at radius 2 is 0.479 bits per heavy atom. The highest BCUT2D eigenvalue weighted by molar-refractivity contribution is 6.27. The molecule has 0 radical (unpaired) electrons. The number of methoxy groups -OCH3 is 4. The Labute approximate surface area is 275 Å². The van der Waals surface area contributed by atoms with Gasteiger partial charge in [-0.05, 0) is 113 Å². The lowest BCUT2D eigenvalue weighted by Gasteiger charge is -2.16. The Hall–Kier alpha value is -6.28. The number of hydrogen-bond acceptors (Lipinski definition) is 8. The van der Waals surface area contributed by atoms with Gasteiger partial charge >= 0.3 is 0 Å². The third kappa shape index (κ3) is 4.77. The van der Waals surface area contributed by atoms with Crippen molar-refractivity contribution in [1.82, 2.24) is 0 Å². The Balaban J connectivity index is 0.000000154. The molecule has 8 aromatic carbocycles. The molecule has 8 rings (SSSR count). The molecule has 0 fully saturated rings. The fourth-order valence-electron chi connectivity index (χ4n) is 6.60. The predicted molar refractivity (Wildman–Crippen MR) is 191 cm³/mol. The Bertz CT molecular complexity index is 2380. The van der Waals surface area contributed by atoms with Crippen LogP contribution in [0.3, 0.4) is 0 Å². The van der Waals surface area contributed by atoms with Crippen LogP contribution in [0.5, 0.6) is 46.0 Å². The quantitative estimate of drug-likeness (QED) is 0.111. The molecule has 48 heavy (non-hydrogen) atoms. The topological polar surface area (TPSA) is 118 Å². The molecule has 0 amide bonds. The van der Waals surface area contributed by atoms with Crippen LogP contribution in [0.15, 0.2) is 97.1 Å². The van der Waals surface area contributed by atoms with E-state index in [1.807, 2.05) is 60.7 Å². The zero-order chi connectivity index (χ0) is 33.7. The summed E-state index contributed by atoms with van der Waals surface area (Å²) in [6.45, 7) is 0. The van der Waals surface area contributed by atoms with E-state index >= 15 is 0 Å². The molecular formula is C40H32O8. The Kier molecular flexibility index (Phi) is 7.48. The average molecular weight is 641 g/mol. The van der Waals surface area contributed by atoms with E-state index in [9.17, 15) is 20.4 Å². The predicted octanol–water partition coefficient (Wildman–Crippen LogP) is 9.15. The number of ether oxygens (including phenoxy) is 4. The van der Waals surface area contributed by atoms with E-state index in [0.29, 0.717) is 33.8 Å². The van der Waals surface area contributed by atoms with Crippen LogP contribution in [-0.4, -0.2) is 48.9 Å². The summed E-state index contributed by atoms with van der Waals surface area (Å²) in [7, 11) is 6.61. The summed E-state index contributed by atoms with van der Waals surface area (Å²) in [4.78, 5) is 0. The van der Waals surface area contributed by atoms with Crippen molar-refractivity contribution in [3.8, 4) is 46.0 Å². The smallest absolute Gasteiger partial charge is 0.161 e. The summed E-state index contributed by atoms with van der Waals surface area (Å²) < 4.78 is 22.1. The monoisotopic (exact) mass is 640 g/mol. The van der Waals surface area contributed by atoms with Gasteiger partial charge in [-0.25, -0.2) is 0 Å². The maximum absolute atomic E-state index is 9.81. The standard InChI is InChI=1S/C22H20O4.C18H12O4/c1-23-19-9-15-13-7-5-6-8-14(13)16-10-20(24-2)22(26-4)12-18(16)17(15)11-21(19)25-3;19-15-5-11-9-3-1-2-4-10(9)12-6-16(20)18(22)8-14(12)13(11)7-17(15)21/h5-12H,1-4H3;1-8,19-22H. The first-order valence-electron chi connectivity index (χ1n) is 15.1. The molecule has 0 unspecified atom stereocenters. The fraction of sp³-hybridized carbons (Fsp3) is 0.100. The van der Waals surface area contributed by atoms with Gasteiger partial charge in [0.25, 0.3) is 0 Å². The van der Waals surface area contributed by atoms with Gasteiger partial charge in [-0.15, -0.1) is 0 Å². The maximum Gasteiger partial charge on any atom is 0.161 e. The summed E-state index contributed by atoms with van der Waals surface area (Å²) in [5, 5.41) is 50.6. The van der Waals surface area contributed by atoms with Crippen molar-refractivity contribution in [1.29, 1.82) is 0 Å². The first-order valence-corrected chi connectivity index (χ1v) is 15.1. The second-order valence-electron chi connectivity index (χ2n) is 11.4. The van der Waals surface area contributed by atoms with Gasteiger partial charge in [-0.3, -0.25) is 0 Å². The van der Waals surface area contributed by atoms with Gasteiger partial charge in [-0.1, -0.05) is 48.5 Å². The van der Waals surface area contributed by atoms with Crippen molar-refractivity contribution in [2.45, 2.75) is 0 Å². The van der Waals surface area contributed by atoms with Crippen LogP contribution in [0, 0.1) is 0 Å². The van der Waals surface area contributed by atoms with Crippen molar-refractivity contribution < 1.29 is 39.4 Å². The minimum atomic E-state index is -0.225. The first-order chi connectivity index (χ1) is 23.3. The number of hydrogen-bond donors (Lipinski definition) is 4. The van der Waals surface area contributed by atoms with Gasteiger partial charge in [0.1, 0.15) is 0 Å². The number of phenolic OH excluding ortho intramolecular Hbond substituents is 4. The highest BCUT2D eigenvalue weighted by Gasteiger charge is 2.17. The van der Waals surface area contributed by atoms with Crippen LogP contribution in [-0.2, 0) is 0 Å². The van der Waals surface area contributed by atoms with E-state index in [4.69, 9.17) is 18.9 Å². The molecule has 8 heteroatoms. The number of fused-ring (bicyclic) bond motifs is 12. The average Bonchev–Trinajstić information content (AvgIpc) is 3.12. The molecule has 0 spiro atoms. The summed E-state index contributed by atoms with van der Waals surface area (Å²) in [6.07, 6.45) is 0. The summed E-state index contributed by atoms with van der Waals surface area (Å²) in [5.41, 5.74) is 0. The molecular weight excluding hydrogens is 608 g/mol. The molecule has 4 N–H and O–H groups in total. The summed E-state index contributed by atoms with van der Waals surface area (Å²) in [6, 6.07) is 30.0. The van der Waals surface area contributed by atoms with Crippen molar-refractivity contribution in [2.24, 2.45) is 0 Å². The highest BCUT2D eigenvalue weighted by Crippen LogP contribution is 2.45. The van der Waals surface area contributed by atoms with Crippen molar-refractivity contribution in [3.05, 3.63) is 97.1 Å². The lowest BCUT2D eigenvalue weighted by molar-refractivity contribution is 0.355. The van der Waals surface area contributed by atoms with Gasteiger partial charge in [0.2, 0.25) is 0 Å². The Morgan fingerprint density at radius 3 is 0.708 bits per heavy atom. The molecule has 8 aromatic rings. The fourth-order valence-corrected chi connectivity index (χ4v) is 6.60. The number of benzene rings is 8. The van der Waals surface area contributed by atoms with Crippen LogP contribution in [0.25, 0.3) is 64.6 Å². The molecule has 0 bridgehead atoms. The molecule has 0 saturated heterocycles. The molecule has 8 nitrogen and oxygen atoms in total. The third-order valence-electron chi connectivity index (χ3n) is 8.87. The summed E-state index contributed by atoms with van der Waals surface area (Å²) in [5.74, 6) is 1.99. The molecule has 0 heterocycles. The summed E-state index contributed by atoms with van der Waals surface area (Å²) >= 11 is 0. The van der Waals surface area contributed by atoms with Crippen LogP contribution < -0.4 is 18.9 Å². The van der Waals surface area contributed by atoms with Gasteiger partial charge in [0.15, 0.2) is 46.0 Å². The molecule has 0 aromatic heterocycles. The van der Waals surface area contributed by atoms with E-state index in [1.54, 1.807) is 28.4 Å². The molecule has 0 aliphatic rings. The molecule has 0 saturated carbocycles. The second-order valence-corrected chi connectivity index (χ2v) is 11.4. The minimum Gasteiger partial charge on any atom is -0.504 e. The third-order valence-corrected chi connectivity index (χ3v) is 8.87. The first kappa shape index (κ1) is 30.4. The zero-order valence-corrected chi connectivity index (χ0v) is 26.7. The Morgan fingerprint density at radius 1 is 0.292 bits per heavy atom. The largest absolute Gasteiger partial charge is 0.504 e. The van der Waals surface area contributed by atoms with E-state index < -0.39 is 0 Å². The van der Waals surface area contributed by atoms with Gasteiger partial charge in [0.05, 0.1) is 28.4 Å². The van der Waals surface area contributed by atoms with Crippen molar-refractivity contribution in [3.63, 3.8) is 0 Å². The van der Waals surface area contributed by atoms with E-state index in [0.717, 1.165) is 53.9 Å². The van der Waals surface area contributed by atoms with Crippen molar-refractivity contribution in [2.75, 3.05) is 28.4 Å². The van der Waals surface area contributed by atoms with E-state index in [1.165, 1.54) is 24.3 Å². The molecule has 0 aliphatic heterocycles. The maximum atomic E-state index is 9.81. The zero-order valence-electron chi connectivity index (χ0n) is 26.7. The molecule has 240 valence electrons. The molecule has 0 atom stereocenters. The normalized spacial score (nSPS) is 11.2. The highest BCUT2D eigenvalue weighted by atomic mass is 16.5. The number of phenols is 4. The van der Waals surface area contributed by atoms with E-state index in [2.05, 4.69) is 12.1 Å². The van der Waals surface area contributed by atoms with Crippen LogP contribution in [0.1, 0.15) is 0 Å². The van der Waals surface area contributed by atoms with Crippen molar-refractivity contribution >= 4 is 64.6 Å². The van der Waals surface area contributed by atoms with Crippen LogP contribution >= 0.6 is 0 Å². The van der Waals surface area contributed by atoms with Gasteiger partial charge in [0, 0.05) is 0 Å². The van der Waals surface area contributed by atoms with Crippen LogP contribution in [0.4, 0.5) is 0 Å². The van der Waals surface area contributed by atoms with E-state index in [-0.39, 0.29) is 23.0 Å².